The van der Waals surface area contributed by atoms with Gasteiger partial charge in [-0.15, -0.1) is 0 Å². The molecule has 0 amide bonds. The Hall–Kier alpha value is -1.66. The number of esters is 2. The molecule has 124 valence electrons. The molecular weight excluding hydrogens is 288 g/mol. The normalized spacial score (nSPS) is 23.8. The molecule has 0 aromatic carbocycles. The highest BCUT2D eigenvalue weighted by atomic mass is 16.6. The first-order chi connectivity index (χ1) is 10.8. The summed E-state index contributed by atoms with van der Waals surface area (Å²) in [4.78, 5) is 22.7. The van der Waals surface area contributed by atoms with Crippen LogP contribution in [-0.4, -0.2) is 51.6 Å². The summed E-state index contributed by atoms with van der Waals surface area (Å²) < 4.78 is 20.4. The first-order valence-electron chi connectivity index (χ1n) is 7.61. The maximum atomic E-state index is 11.3. The maximum Gasteiger partial charge on any atom is 0.330 e. The summed E-state index contributed by atoms with van der Waals surface area (Å²) in [6.07, 6.45) is 9.98. The van der Waals surface area contributed by atoms with E-state index in [0.29, 0.717) is 26.4 Å². The quantitative estimate of drug-likeness (QED) is 0.635. The van der Waals surface area contributed by atoms with E-state index in [0.717, 1.165) is 25.7 Å². The largest absolute Gasteiger partial charge is 0.460 e. The fourth-order valence-corrected chi connectivity index (χ4v) is 1.70. The predicted octanol–water partition coefficient (Wildman–Crippen LogP) is 1.79. The van der Waals surface area contributed by atoms with Gasteiger partial charge in [0.25, 0.3) is 0 Å². The van der Waals surface area contributed by atoms with Gasteiger partial charge in [-0.25, -0.2) is 9.59 Å². The van der Waals surface area contributed by atoms with E-state index in [4.69, 9.17) is 18.9 Å². The van der Waals surface area contributed by atoms with Crippen LogP contribution in [0.2, 0.25) is 0 Å². The van der Waals surface area contributed by atoms with Crippen LogP contribution >= 0.6 is 0 Å². The van der Waals surface area contributed by atoms with Crippen molar-refractivity contribution in [2.75, 3.05) is 39.6 Å². The van der Waals surface area contributed by atoms with Crippen LogP contribution < -0.4 is 0 Å². The van der Waals surface area contributed by atoms with Gasteiger partial charge in [0.2, 0.25) is 0 Å². The minimum absolute atomic E-state index is 0.228. The fraction of sp³-hybridized carbons (Fsp3) is 0.625. The third kappa shape index (κ3) is 11.0. The highest BCUT2D eigenvalue weighted by Gasteiger charge is 1.99. The van der Waals surface area contributed by atoms with Gasteiger partial charge in [0, 0.05) is 12.2 Å². The minimum Gasteiger partial charge on any atom is -0.460 e. The Kier molecular flexibility index (Phi) is 10.9. The molecule has 6 heteroatoms. The third-order valence-electron chi connectivity index (χ3n) is 2.82. The van der Waals surface area contributed by atoms with E-state index in [1.54, 1.807) is 12.2 Å². The lowest BCUT2D eigenvalue weighted by molar-refractivity contribution is -0.141. The van der Waals surface area contributed by atoms with Crippen molar-refractivity contribution in [3.63, 3.8) is 0 Å². The zero-order valence-electron chi connectivity index (χ0n) is 12.8. The van der Waals surface area contributed by atoms with Gasteiger partial charge in [0.15, 0.2) is 0 Å². The standard InChI is InChI=1S/C16H24O6/c17-15-7-5-3-1-2-4-6-8-16(18)22-14-12-20-10-9-19-11-13-21-15/h5-8H,1-4,9-14H2/b7-5+,8-6+. The van der Waals surface area contributed by atoms with Crippen LogP contribution in [0.15, 0.2) is 24.3 Å². The van der Waals surface area contributed by atoms with Crippen LogP contribution in [0.5, 0.6) is 0 Å². The zero-order valence-corrected chi connectivity index (χ0v) is 12.8. The van der Waals surface area contributed by atoms with Gasteiger partial charge in [-0.2, -0.15) is 0 Å². The lowest BCUT2D eigenvalue weighted by Crippen LogP contribution is -2.14. The number of carbonyl (C=O) groups is 2. The van der Waals surface area contributed by atoms with Gasteiger partial charge in [-0.05, 0) is 25.7 Å². The van der Waals surface area contributed by atoms with Crippen molar-refractivity contribution >= 4 is 11.9 Å². The van der Waals surface area contributed by atoms with E-state index in [2.05, 4.69) is 0 Å². The van der Waals surface area contributed by atoms with Crippen molar-refractivity contribution in [3.8, 4) is 0 Å². The van der Waals surface area contributed by atoms with Crippen molar-refractivity contribution in [3.05, 3.63) is 24.3 Å². The summed E-state index contributed by atoms with van der Waals surface area (Å²) in [6, 6.07) is 0. The maximum absolute atomic E-state index is 11.3. The minimum atomic E-state index is -0.350. The molecule has 0 aromatic rings. The number of hydrogen-bond donors (Lipinski definition) is 0. The Balaban J connectivity index is 2.30. The fourth-order valence-electron chi connectivity index (χ4n) is 1.70. The van der Waals surface area contributed by atoms with E-state index in [9.17, 15) is 9.59 Å². The van der Waals surface area contributed by atoms with Crippen LogP contribution in [-0.2, 0) is 28.5 Å². The van der Waals surface area contributed by atoms with Crippen molar-refractivity contribution in [1.29, 1.82) is 0 Å². The molecule has 0 radical (unpaired) electrons. The molecule has 1 aliphatic heterocycles. The average molecular weight is 312 g/mol. The monoisotopic (exact) mass is 312 g/mol. The number of hydrogen-bond acceptors (Lipinski definition) is 6. The number of ether oxygens (including phenoxy) is 4. The van der Waals surface area contributed by atoms with Crippen LogP contribution in [0.1, 0.15) is 25.7 Å². The molecule has 22 heavy (non-hydrogen) atoms. The predicted molar refractivity (Wildman–Crippen MR) is 80.3 cm³/mol. The Bertz CT molecular complexity index is 339. The molecule has 0 spiro atoms. The lowest BCUT2D eigenvalue weighted by Gasteiger charge is -2.06. The molecule has 0 atom stereocenters. The van der Waals surface area contributed by atoms with Crippen LogP contribution in [0.25, 0.3) is 0 Å². The Morgan fingerprint density at radius 1 is 0.636 bits per heavy atom. The molecule has 1 aliphatic rings. The second-order valence-corrected chi connectivity index (χ2v) is 4.65. The first-order valence-corrected chi connectivity index (χ1v) is 7.61. The van der Waals surface area contributed by atoms with Crippen LogP contribution in [0.4, 0.5) is 0 Å². The number of cyclic esters (lactones) is 2. The molecule has 1 rings (SSSR count). The van der Waals surface area contributed by atoms with E-state index >= 15 is 0 Å². The molecule has 0 aromatic heterocycles. The summed E-state index contributed by atoms with van der Waals surface area (Å²) in [5.74, 6) is -0.700. The SMILES string of the molecule is O=C1/C=C/CCCC/C=C/C(=O)OCCOCCOCCO1. The number of carbonyl (C=O) groups excluding carboxylic acids is 2. The number of allylic oxidation sites excluding steroid dienone is 2. The molecule has 0 unspecified atom stereocenters. The topological polar surface area (TPSA) is 71.1 Å². The van der Waals surface area contributed by atoms with Gasteiger partial charge in [-0.3, -0.25) is 0 Å². The van der Waals surface area contributed by atoms with E-state index in [1.807, 2.05) is 0 Å². The molecule has 6 nitrogen and oxygen atoms in total. The highest BCUT2D eigenvalue weighted by molar-refractivity contribution is 5.82. The average Bonchev–Trinajstić information content (AvgIpc) is 2.50. The molecule has 0 fully saturated rings. The lowest BCUT2D eigenvalue weighted by atomic mass is 10.2. The number of rotatable bonds is 0. The van der Waals surface area contributed by atoms with Gasteiger partial charge in [-0.1, -0.05) is 12.2 Å². The Morgan fingerprint density at radius 3 is 1.50 bits per heavy atom. The Labute approximate surface area is 131 Å². The Morgan fingerprint density at radius 2 is 1.05 bits per heavy atom. The van der Waals surface area contributed by atoms with Gasteiger partial charge in [0.1, 0.15) is 13.2 Å². The molecule has 0 aliphatic carbocycles. The van der Waals surface area contributed by atoms with Crippen molar-refractivity contribution in [2.45, 2.75) is 25.7 Å². The van der Waals surface area contributed by atoms with Crippen molar-refractivity contribution in [2.24, 2.45) is 0 Å². The molecule has 1 heterocycles. The molecule has 0 saturated carbocycles. The van der Waals surface area contributed by atoms with Gasteiger partial charge >= 0.3 is 11.9 Å². The summed E-state index contributed by atoms with van der Waals surface area (Å²) >= 11 is 0. The van der Waals surface area contributed by atoms with Crippen molar-refractivity contribution < 1.29 is 28.5 Å². The van der Waals surface area contributed by atoms with E-state index in [-0.39, 0.29) is 25.2 Å². The molecule has 0 saturated heterocycles. The van der Waals surface area contributed by atoms with E-state index < -0.39 is 0 Å². The smallest absolute Gasteiger partial charge is 0.330 e. The zero-order chi connectivity index (χ0) is 15.9. The summed E-state index contributed by atoms with van der Waals surface area (Å²) in [5, 5.41) is 0. The van der Waals surface area contributed by atoms with Gasteiger partial charge in [0.05, 0.1) is 26.4 Å². The summed E-state index contributed by atoms with van der Waals surface area (Å²) in [7, 11) is 0. The van der Waals surface area contributed by atoms with E-state index in [1.165, 1.54) is 12.2 Å². The molecular formula is C16H24O6. The highest BCUT2D eigenvalue weighted by Crippen LogP contribution is 2.02. The second-order valence-electron chi connectivity index (χ2n) is 4.65. The summed E-state index contributed by atoms with van der Waals surface area (Å²) in [6.45, 7) is 1.94. The van der Waals surface area contributed by atoms with Crippen molar-refractivity contribution in [1.82, 2.24) is 0 Å². The van der Waals surface area contributed by atoms with Crippen LogP contribution in [0.3, 0.4) is 0 Å². The van der Waals surface area contributed by atoms with Crippen LogP contribution in [0, 0.1) is 0 Å². The molecule has 0 bridgehead atoms. The summed E-state index contributed by atoms with van der Waals surface area (Å²) in [5.41, 5.74) is 0. The second kappa shape index (κ2) is 13.0. The van der Waals surface area contributed by atoms with Gasteiger partial charge < -0.3 is 18.9 Å². The first kappa shape index (κ1) is 18.4. The molecule has 0 N–H and O–H groups in total. The third-order valence-corrected chi connectivity index (χ3v) is 2.82.